The molecule has 0 radical (unpaired) electrons. The third kappa shape index (κ3) is 5.98. The van der Waals surface area contributed by atoms with Crippen molar-refractivity contribution in [3.63, 3.8) is 0 Å². The molecule has 4 nitrogen and oxygen atoms in total. The maximum absolute atomic E-state index is 11.9. The van der Waals surface area contributed by atoms with Gasteiger partial charge in [-0.05, 0) is 24.7 Å². The number of aliphatic carboxylic acids is 2. The van der Waals surface area contributed by atoms with Gasteiger partial charge in [-0.15, -0.1) is 0 Å². The molecule has 0 aliphatic carbocycles. The van der Waals surface area contributed by atoms with E-state index in [1.807, 2.05) is 27.7 Å². The van der Waals surface area contributed by atoms with Gasteiger partial charge in [-0.25, -0.2) is 0 Å². The summed E-state index contributed by atoms with van der Waals surface area (Å²) in [6.45, 7) is 9.83. The predicted octanol–water partition coefficient (Wildman–Crippen LogP) is 4.96. The summed E-state index contributed by atoms with van der Waals surface area (Å²) in [5, 5.41) is 18.6. The van der Waals surface area contributed by atoms with Crippen LogP contribution >= 0.6 is 0 Å². The van der Waals surface area contributed by atoms with Crippen LogP contribution in [-0.4, -0.2) is 22.2 Å². The summed E-state index contributed by atoms with van der Waals surface area (Å²) in [4.78, 5) is 22.6. The van der Waals surface area contributed by atoms with Crippen molar-refractivity contribution in [1.29, 1.82) is 0 Å². The van der Waals surface area contributed by atoms with E-state index in [2.05, 4.69) is 0 Å². The van der Waals surface area contributed by atoms with Gasteiger partial charge in [0.25, 0.3) is 0 Å². The van der Waals surface area contributed by atoms with Gasteiger partial charge in [0.15, 0.2) is 0 Å². The zero-order valence-electron chi connectivity index (χ0n) is 14.9. The van der Waals surface area contributed by atoms with E-state index in [0.717, 1.165) is 32.1 Å². The first-order valence-corrected chi connectivity index (χ1v) is 8.54. The maximum Gasteiger partial charge on any atom is 0.310 e. The Hall–Kier alpha value is -1.06. The first-order chi connectivity index (χ1) is 10.1. The van der Waals surface area contributed by atoms with Gasteiger partial charge in [-0.1, -0.05) is 66.7 Å². The van der Waals surface area contributed by atoms with Gasteiger partial charge in [0.2, 0.25) is 0 Å². The highest BCUT2D eigenvalue weighted by Gasteiger charge is 2.47. The monoisotopic (exact) mass is 314 g/mol. The van der Waals surface area contributed by atoms with Crippen LogP contribution in [-0.2, 0) is 9.59 Å². The Morgan fingerprint density at radius 3 is 1.91 bits per heavy atom. The van der Waals surface area contributed by atoms with Gasteiger partial charge in [-0.3, -0.25) is 9.59 Å². The van der Waals surface area contributed by atoms with Gasteiger partial charge in [-0.2, -0.15) is 0 Å². The van der Waals surface area contributed by atoms with Gasteiger partial charge < -0.3 is 10.2 Å². The Balaban J connectivity index is 4.37. The number of carboxylic acids is 2. The fourth-order valence-electron chi connectivity index (χ4n) is 3.19. The van der Waals surface area contributed by atoms with Gasteiger partial charge in [0.05, 0.1) is 11.3 Å². The number of hydrogen-bond donors (Lipinski definition) is 2. The summed E-state index contributed by atoms with van der Waals surface area (Å²) in [6, 6.07) is 0. The van der Waals surface area contributed by atoms with Crippen molar-refractivity contribution in [2.75, 3.05) is 0 Å². The first kappa shape index (κ1) is 20.9. The van der Waals surface area contributed by atoms with E-state index in [0.29, 0.717) is 19.3 Å². The van der Waals surface area contributed by atoms with E-state index in [9.17, 15) is 14.7 Å². The molecule has 0 aromatic rings. The quantitative estimate of drug-likeness (QED) is 0.528. The van der Waals surface area contributed by atoms with Gasteiger partial charge >= 0.3 is 11.9 Å². The average molecular weight is 314 g/mol. The molecule has 0 fully saturated rings. The molecule has 2 atom stereocenters. The molecule has 0 rings (SSSR count). The second-order valence-corrected chi connectivity index (χ2v) is 7.58. The van der Waals surface area contributed by atoms with Crippen molar-refractivity contribution < 1.29 is 19.8 Å². The van der Waals surface area contributed by atoms with E-state index in [4.69, 9.17) is 5.11 Å². The molecule has 2 N–H and O–H groups in total. The lowest BCUT2D eigenvalue weighted by molar-refractivity contribution is -0.158. The number of unbranched alkanes of at least 4 members (excludes halogenated alkanes) is 3. The molecule has 2 unspecified atom stereocenters. The Morgan fingerprint density at radius 2 is 1.50 bits per heavy atom. The molecule has 0 spiro atoms. The average Bonchev–Trinajstić information content (AvgIpc) is 2.39. The fraction of sp³-hybridized carbons (Fsp3) is 0.889. The molecule has 0 aromatic carbocycles. The van der Waals surface area contributed by atoms with Crippen LogP contribution in [0.5, 0.6) is 0 Å². The van der Waals surface area contributed by atoms with Crippen LogP contribution in [0, 0.1) is 16.7 Å². The van der Waals surface area contributed by atoms with E-state index in [1.165, 1.54) is 0 Å². The molecule has 0 aliphatic rings. The fourth-order valence-corrected chi connectivity index (χ4v) is 3.19. The lowest BCUT2D eigenvalue weighted by Crippen LogP contribution is -2.43. The summed E-state index contributed by atoms with van der Waals surface area (Å²) in [6.07, 6.45) is 6.73. The van der Waals surface area contributed by atoms with Crippen LogP contribution in [0.1, 0.15) is 86.0 Å². The highest BCUT2D eigenvalue weighted by Crippen LogP contribution is 2.47. The van der Waals surface area contributed by atoms with E-state index in [-0.39, 0.29) is 11.3 Å². The largest absolute Gasteiger partial charge is 0.481 e. The Kier molecular flexibility index (Phi) is 8.72. The third-order valence-electron chi connectivity index (χ3n) is 4.93. The van der Waals surface area contributed by atoms with Crippen molar-refractivity contribution in [2.24, 2.45) is 16.7 Å². The molecule has 4 heteroatoms. The first-order valence-electron chi connectivity index (χ1n) is 8.54. The topological polar surface area (TPSA) is 74.6 Å². The minimum atomic E-state index is -0.736. The lowest BCUT2D eigenvalue weighted by Gasteiger charge is -2.41. The van der Waals surface area contributed by atoms with Crippen LogP contribution in [0.25, 0.3) is 0 Å². The maximum atomic E-state index is 11.9. The predicted molar refractivity (Wildman–Crippen MR) is 88.9 cm³/mol. The standard InChI is InChI=1S/C18H34O4/c1-6-12-18(16(21)22,17(3,4)5)13-10-8-7-9-11-14(2)15(19)20/h14H,6-13H2,1-5H3,(H,19,20)(H,21,22). The Morgan fingerprint density at radius 1 is 0.955 bits per heavy atom. The second kappa shape index (κ2) is 9.16. The summed E-state index contributed by atoms with van der Waals surface area (Å²) >= 11 is 0. The molecular formula is C18H34O4. The molecule has 22 heavy (non-hydrogen) atoms. The molecule has 0 saturated carbocycles. The molecule has 0 heterocycles. The Labute approximate surface area is 135 Å². The summed E-state index contributed by atoms with van der Waals surface area (Å²) in [5.74, 6) is -1.70. The Bertz CT molecular complexity index is 357. The number of carbonyl (C=O) groups is 2. The third-order valence-corrected chi connectivity index (χ3v) is 4.93. The molecule has 130 valence electrons. The number of carboxylic acid groups (broad SMARTS) is 2. The van der Waals surface area contributed by atoms with Crippen LogP contribution in [0.15, 0.2) is 0 Å². The zero-order valence-corrected chi connectivity index (χ0v) is 14.9. The minimum Gasteiger partial charge on any atom is -0.481 e. The van der Waals surface area contributed by atoms with Crippen molar-refractivity contribution in [1.82, 2.24) is 0 Å². The van der Waals surface area contributed by atoms with Crippen LogP contribution < -0.4 is 0 Å². The van der Waals surface area contributed by atoms with E-state index < -0.39 is 17.4 Å². The van der Waals surface area contributed by atoms with Crippen molar-refractivity contribution in [2.45, 2.75) is 86.0 Å². The van der Waals surface area contributed by atoms with Gasteiger partial charge in [0.1, 0.15) is 0 Å². The molecular weight excluding hydrogens is 280 g/mol. The van der Waals surface area contributed by atoms with E-state index >= 15 is 0 Å². The van der Waals surface area contributed by atoms with Gasteiger partial charge in [0, 0.05) is 0 Å². The number of rotatable bonds is 11. The molecule has 0 saturated heterocycles. The highest BCUT2D eigenvalue weighted by molar-refractivity contribution is 5.75. The lowest BCUT2D eigenvalue weighted by atomic mass is 9.61. The van der Waals surface area contributed by atoms with Crippen molar-refractivity contribution in [3.8, 4) is 0 Å². The van der Waals surface area contributed by atoms with Crippen LogP contribution in [0.4, 0.5) is 0 Å². The highest BCUT2D eigenvalue weighted by atomic mass is 16.4. The van der Waals surface area contributed by atoms with Crippen molar-refractivity contribution >= 4 is 11.9 Å². The van der Waals surface area contributed by atoms with Crippen LogP contribution in [0.3, 0.4) is 0 Å². The minimum absolute atomic E-state index is 0.257. The number of hydrogen-bond acceptors (Lipinski definition) is 2. The molecule has 0 bridgehead atoms. The van der Waals surface area contributed by atoms with Crippen molar-refractivity contribution in [3.05, 3.63) is 0 Å². The smallest absolute Gasteiger partial charge is 0.310 e. The molecule has 0 aliphatic heterocycles. The van der Waals surface area contributed by atoms with Crippen LogP contribution in [0.2, 0.25) is 0 Å². The second-order valence-electron chi connectivity index (χ2n) is 7.58. The SMILES string of the molecule is CCCC(CCCCCCC(C)C(=O)O)(C(=O)O)C(C)(C)C. The molecule has 0 amide bonds. The van der Waals surface area contributed by atoms with E-state index in [1.54, 1.807) is 6.92 Å². The molecule has 0 aromatic heterocycles. The summed E-state index contributed by atoms with van der Waals surface area (Å²) in [5.41, 5.74) is -0.914. The normalized spacial score (nSPS) is 16.0. The summed E-state index contributed by atoms with van der Waals surface area (Å²) in [7, 11) is 0. The zero-order chi connectivity index (χ0) is 17.4. The summed E-state index contributed by atoms with van der Waals surface area (Å²) < 4.78 is 0.